The number of carboxylic acid groups (broad SMARTS) is 1. The largest absolute Gasteiger partial charge is 0.480 e. The average molecular weight is 468 g/mol. The molecule has 4 rings (SSSR count). The van der Waals surface area contributed by atoms with Gasteiger partial charge in [-0.1, -0.05) is 19.8 Å². The van der Waals surface area contributed by atoms with E-state index in [-0.39, 0.29) is 24.1 Å². The Balaban J connectivity index is 1.69. The number of rotatable bonds is 6. The first kappa shape index (κ1) is 23.7. The van der Waals surface area contributed by atoms with Crippen molar-refractivity contribution in [2.45, 2.75) is 52.0 Å². The summed E-state index contributed by atoms with van der Waals surface area (Å²) in [5.74, 6) is -1.58. The lowest BCUT2D eigenvalue weighted by Crippen LogP contribution is -2.38. The van der Waals surface area contributed by atoms with Crippen molar-refractivity contribution in [1.82, 2.24) is 19.5 Å². The van der Waals surface area contributed by atoms with E-state index in [1.807, 2.05) is 11.8 Å². The van der Waals surface area contributed by atoms with Crippen LogP contribution < -0.4 is 4.90 Å². The number of anilines is 1. The highest BCUT2D eigenvalue weighted by molar-refractivity contribution is 5.93. The van der Waals surface area contributed by atoms with Crippen LogP contribution in [0.5, 0.6) is 0 Å². The van der Waals surface area contributed by atoms with Gasteiger partial charge in [-0.2, -0.15) is 5.10 Å². The third-order valence-electron chi connectivity index (χ3n) is 6.44. The quantitative estimate of drug-likeness (QED) is 0.589. The zero-order valence-electron chi connectivity index (χ0n) is 19.8. The summed E-state index contributed by atoms with van der Waals surface area (Å²) in [7, 11) is 1.59. The molecule has 1 atom stereocenters. The summed E-state index contributed by atoms with van der Waals surface area (Å²) in [4.78, 5) is 32.2. The molecular formula is C25H30FN5O3. The van der Waals surface area contributed by atoms with Crippen molar-refractivity contribution in [3.05, 3.63) is 47.5 Å². The van der Waals surface area contributed by atoms with Gasteiger partial charge in [0.05, 0.1) is 5.69 Å². The molecule has 1 saturated heterocycles. The van der Waals surface area contributed by atoms with Crippen LogP contribution in [0.15, 0.2) is 30.3 Å². The molecule has 0 unspecified atom stereocenters. The molecular weight excluding hydrogens is 437 g/mol. The highest BCUT2D eigenvalue weighted by atomic mass is 19.1. The van der Waals surface area contributed by atoms with Gasteiger partial charge in [-0.25, -0.2) is 13.9 Å². The van der Waals surface area contributed by atoms with Crippen molar-refractivity contribution in [3.63, 3.8) is 0 Å². The summed E-state index contributed by atoms with van der Waals surface area (Å²) >= 11 is 0. The maximum absolute atomic E-state index is 15.0. The van der Waals surface area contributed by atoms with E-state index in [4.69, 9.17) is 5.11 Å². The topological polar surface area (TPSA) is 91.0 Å². The molecule has 0 aliphatic carbocycles. The average Bonchev–Trinajstić information content (AvgIpc) is 3.11. The first-order valence-corrected chi connectivity index (χ1v) is 11.7. The summed E-state index contributed by atoms with van der Waals surface area (Å²) in [6, 6.07) is 8.18. The predicted octanol–water partition coefficient (Wildman–Crippen LogP) is 4.02. The molecule has 8 nitrogen and oxygen atoms in total. The Morgan fingerprint density at radius 1 is 1.21 bits per heavy atom. The van der Waals surface area contributed by atoms with Gasteiger partial charge < -0.3 is 14.9 Å². The van der Waals surface area contributed by atoms with Crippen molar-refractivity contribution in [1.29, 1.82) is 0 Å². The Kier molecular flexibility index (Phi) is 6.81. The van der Waals surface area contributed by atoms with Gasteiger partial charge in [-0.3, -0.25) is 9.59 Å². The van der Waals surface area contributed by atoms with Crippen LogP contribution in [0.2, 0.25) is 0 Å². The molecule has 1 aliphatic rings. The van der Waals surface area contributed by atoms with Crippen LogP contribution in [0, 0.1) is 5.82 Å². The SMILES string of the molecule is CCc1cc(C(=O)N2CCCCC[C@H]2C)nc2cc(-c3ccc(N(C)CC(=O)O)cc3F)nn12. The number of amides is 1. The Morgan fingerprint density at radius 3 is 2.71 bits per heavy atom. The van der Waals surface area contributed by atoms with Crippen LogP contribution >= 0.6 is 0 Å². The van der Waals surface area contributed by atoms with Gasteiger partial charge >= 0.3 is 5.97 Å². The summed E-state index contributed by atoms with van der Waals surface area (Å²) in [5, 5.41) is 13.5. The number of carbonyl (C=O) groups excluding carboxylic acids is 1. The number of nitrogens with zero attached hydrogens (tertiary/aromatic N) is 5. The smallest absolute Gasteiger partial charge is 0.323 e. The lowest BCUT2D eigenvalue weighted by atomic mass is 10.1. The van der Waals surface area contributed by atoms with E-state index in [0.29, 0.717) is 29.1 Å². The summed E-state index contributed by atoms with van der Waals surface area (Å²) in [5.41, 5.74) is 2.84. The normalized spacial score (nSPS) is 16.5. The van der Waals surface area contributed by atoms with Gasteiger partial charge in [0.25, 0.3) is 5.91 Å². The van der Waals surface area contributed by atoms with E-state index in [2.05, 4.69) is 17.0 Å². The van der Waals surface area contributed by atoms with Crippen molar-refractivity contribution >= 4 is 23.2 Å². The van der Waals surface area contributed by atoms with Gasteiger partial charge in [0.2, 0.25) is 0 Å². The van der Waals surface area contributed by atoms with E-state index in [1.54, 1.807) is 35.8 Å². The molecule has 1 N–H and O–H groups in total. The molecule has 180 valence electrons. The Labute approximate surface area is 198 Å². The number of fused-ring (bicyclic) bond motifs is 1. The Hall–Kier alpha value is -3.49. The third-order valence-corrected chi connectivity index (χ3v) is 6.44. The van der Waals surface area contributed by atoms with Gasteiger partial charge in [0.15, 0.2) is 5.65 Å². The number of aromatic nitrogens is 3. The molecule has 1 amide bonds. The van der Waals surface area contributed by atoms with E-state index < -0.39 is 11.8 Å². The molecule has 0 radical (unpaired) electrons. The Morgan fingerprint density at radius 2 is 2.00 bits per heavy atom. The highest BCUT2D eigenvalue weighted by Crippen LogP contribution is 2.27. The maximum Gasteiger partial charge on any atom is 0.323 e. The number of aryl methyl sites for hydroxylation is 1. The molecule has 0 saturated carbocycles. The molecule has 34 heavy (non-hydrogen) atoms. The summed E-state index contributed by atoms with van der Waals surface area (Å²) in [6.07, 6.45) is 4.87. The van der Waals surface area contributed by atoms with Crippen molar-refractivity contribution in [3.8, 4) is 11.3 Å². The number of likely N-dealkylation sites (tertiary alicyclic amines) is 1. The van der Waals surface area contributed by atoms with Crippen molar-refractivity contribution < 1.29 is 19.1 Å². The van der Waals surface area contributed by atoms with E-state index >= 15 is 0 Å². The zero-order valence-corrected chi connectivity index (χ0v) is 19.8. The first-order chi connectivity index (χ1) is 16.3. The fourth-order valence-electron chi connectivity index (χ4n) is 4.50. The van der Waals surface area contributed by atoms with Crippen LogP contribution in [0.25, 0.3) is 16.9 Å². The van der Waals surface area contributed by atoms with Crippen LogP contribution in [-0.4, -0.2) is 62.7 Å². The molecule has 1 aromatic carbocycles. The fraction of sp³-hybridized carbons (Fsp3) is 0.440. The number of aliphatic carboxylic acids is 1. The lowest BCUT2D eigenvalue weighted by Gasteiger charge is -2.27. The van der Waals surface area contributed by atoms with Crippen LogP contribution in [0.4, 0.5) is 10.1 Å². The number of carboxylic acids is 1. The standard InChI is InChI=1S/C25H30FN5O3/c1-4-17-13-22(25(34)30-11-7-5-6-8-16(30)2)27-23-14-21(28-31(17)23)19-10-9-18(12-20(19)26)29(3)15-24(32)33/h9-10,12-14,16H,4-8,11,15H2,1-3H3,(H,32,33)/t16-/m1/s1. The second-order valence-corrected chi connectivity index (χ2v) is 8.90. The van der Waals surface area contributed by atoms with E-state index in [1.165, 1.54) is 11.0 Å². The van der Waals surface area contributed by atoms with Crippen molar-refractivity contribution in [2.24, 2.45) is 0 Å². The lowest BCUT2D eigenvalue weighted by molar-refractivity contribution is -0.135. The number of hydrogen-bond acceptors (Lipinski definition) is 5. The maximum atomic E-state index is 15.0. The van der Waals surface area contributed by atoms with Gasteiger partial charge in [0.1, 0.15) is 18.1 Å². The van der Waals surface area contributed by atoms with Crippen LogP contribution in [0.3, 0.4) is 0 Å². The molecule has 2 aromatic heterocycles. The minimum Gasteiger partial charge on any atom is -0.480 e. The minimum atomic E-state index is -0.995. The monoisotopic (exact) mass is 467 g/mol. The second-order valence-electron chi connectivity index (χ2n) is 8.90. The van der Waals surface area contributed by atoms with Crippen LogP contribution in [0.1, 0.15) is 55.7 Å². The number of carbonyl (C=O) groups is 2. The molecule has 1 fully saturated rings. The summed E-state index contributed by atoms with van der Waals surface area (Å²) in [6.45, 7) is 4.56. The minimum absolute atomic E-state index is 0.0775. The third kappa shape index (κ3) is 4.73. The van der Waals surface area contributed by atoms with E-state index in [0.717, 1.165) is 37.9 Å². The molecule has 1 aliphatic heterocycles. The zero-order chi connectivity index (χ0) is 24.4. The molecule has 0 bridgehead atoms. The van der Waals surface area contributed by atoms with E-state index in [9.17, 15) is 14.0 Å². The second kappa shape index (κ2) is 9.79. The number of benzene rings is 1. The first-order valence-electron chi connectivity index (χ1n) is 11.7. The van der Waals surface area contributed by atoms with Gasteiger partial charge in [-0.15, -0.1) is 0 Å². The highest BCUT2D eigenvalue weighted by Gasteiger charge is 2.25. The molecule has 0 spiro atoms. The molecule has 3 aromatic rings. The van der Waals surface area contributed by atoms with Gasteiger partial charge in [-0.05, 0) is 50.5 Å². The number of likely N-dealkylation sites (N-methyl/N-ethyl adjacent to an activating group) is 1. The number of halogens is 1. The fourth-order valence-corrected chi connectivity index (χ4v) is 4.50. The summed E-state index contributed by atoms with van der Waals surface area (Å²) < 4.78 is 16.6. The van der Waals surface area contributed by atoms with Crippen molar-refractivity contribution in [2.75, 3.05) is 25.0 Å². The number of hydrogen-bond donors (Lipinski definition) is 1. The van der Waals surface area contributed by atoms with Gasteiger partial charge in [0, 0.05) is 42.6 Å². The van der Waals surface area contributed by atoms with Crippen LogP contribution in [-0.2, 0) is 11.2 Å². The predicted molar refractivity (Wildman–Crippen MR) is 128 cm³/mol. The molecule has 3 heterocycles. The Bertz CT molecular complexity index is 1220. The molecule has 9 heteroatoms.